The van der Waals surface area contributed by atoms with Gasteiger partial charge in [0, 0.05) is 23.2 Å². The molecular formula is C10H6ClNO2. The molecule has 0 fully saturated rings. The lowest BCUT2D eigenvalue weighted by Gasteiger charge is -1.90. The Balaban J connectivity index is 2.85. The zero-order valence-corrected chi connectivity index (χ0v) is 7.86. The van der Waals surface area contributed by atoms with Crippen LogP contribution in [0.1, 0.15) is 5.56 Å². The quantitative estimate of drug-likeness (QED) is 0.404. The van der Waals surface area contributed by atoms with Crippen LogP contribution in [0.4, 0.5) is 5.69 Å². The maximum absolute atomic E-state index is 10.3. The minimum Gasteiger partial charge on any atom is -0.258 e. The first-order chi connectivity index (χ1) is 6.74. The monoisotopic (exact) mass is 207 g/mol. The van der Waals surface area contributed by atoms with Gasteiger partial charge in [-0.2, -0.15) is 0 Å². The molecule has 0 aromatic heterocycles. The lowest BCUT2D eigenvalue weighted by Crippen LogP contribution is -1.86. The van der Waals surface area contributed by atoms with Crippen LogP contribution in [0.5, 0.6) is 0 Å². The van der Waals surface area contributed by atoms with Gasteiger partial charge in [0.1, 0.15) is 0 Å². The van der Waals surface area contributed by atoms with Crippen LogP contribution >= 0.6 is 11.6 Å². The molecule has 0 aliphatic rings. The van der Waals surface area contributed by atoms with Crippen molar-refractivity contribution in [1.82, 2.24) is 0 Å². The Morgan fingerprint density at radius 3 is 2.50 bits per heavy atom. The van der Waals surface area contributed by atoms with Gasteiger partial charge in [-0.1, -0.05) is 23.4 Å². The van der Waals surface area contributed by atoms with Gasteiger partial charge in [-0.3, -0.25) is 10.1 Å². The molecule has 0 spiro atoms. The first-order valence-corrected chi connectivity index (χ1v) is 4.19. The largest absolute Gasteiger partial charge is 0.269 e. The molecule has 1 aromatic rings. The molecule has 1 rings (SSSR count). The van der Waals surface area contributed by atoms with Crippen LogP contribution in [0.25, 0.3) is 0 Å². The molecule has 1 aromatic carbocycles. The van der Waals surface area contributed by atoms with Crippen LogP contribution < -0.4 is 0 Å². The normalized spacial score (nSPS) is 9.50. The Labute approximate surface area is 86.2 Å². The summed E-state index contributed by atoms with van der Waals surface area (Å²) in [5.74, 6) is 5.44. The van der Waals surface area contributed by atoms with Crippen molar-refractivity contribution in [2.45, 2.75) is 0 Å². The third-order valence-electron chi connectivity index (χ3n) is 1.44. The molecule has 3 nitrogen and oxygen atoms in total. The summed E-state index contributed by atoms with van der Waals surface area (Å²) in [6.07, 6.45) is 1.49. The van der Waals surface area contributed by atoms with E-state index in [9.17, 15) is 10.1 Å². The zero-order valence-electron chi connectivity index (χ0n) is 7.11. The van der Waals surface area contributed by atoms with Crippen LogP contribution in [0.2, 0.25) is 0 Å². The highest BCUT2D eigenvalue weighted by Gasteiger charge is 2.01. The van der Waals surface area contributed by atoms with E-state index in [1.807, 2.05) is 0 Å². The molecule has 0 saturated carbocycles. The lowest BCUT2D eigenvalue weighted by molar-refractivity contribution is -0.384. The Bertz CT molecular complexity index is 412. The number of nitro groups is 1. The maximum atomic E-state index is 10.3. The van der Waals surface area contributed by atoms with Crippen molar-refractivity contribution in [1.29, 1.82) is 0 Å². The van der Waals surface area contributed by atoms with Gasteiger partial charge in [0.2, 0.25) is 0 Å². The molecule has 0 amide bonds. The highest BCUT2D eigenvalue weighted by atomic mass is 35.5. The Morgan fingerprint density at radius 2 is 2.00 bits per heavy atom. The zero-order chi connectivity index (χ0) is 10.4. The number of halogens is 1. The molecule has 0 unspecified atom stereocenters. The number of allylic oxidation sites excluding steroid dienone is 1. The maximum Gasteiger partial charge on any atom is 0.269 e. The topological polar surface area (TPSA) is 43.1 Å². The summed E-state index contributed by atoms with van der Waals surface area (Å²) in [7, 11) is 0. The average Bonchev–Trinajstić information content (AvgIpc) is 2.19. The molecular weight excluding hydrogens is 202 g/mol. The number of non-ortho nitro benzene ring substituents is 1. The van der Waals surface area contributed by atoms with Crippen molar-refractivity contribution >= 4 is 17.3 Å². The molecule has 0 aliphatic carbocycles. The van der Waals surface area contributed by atoms with Gasteiger partial charge in [0.15, 0.2) is 0 Å². The number of hydrogen-bond acceptors (Lipinski definition) is 2. The van der Waals surface area contributed by atoms with Crippen LogP contribution in [-0.4, -0.2) is 4.92 Å². The first-order valence-electron chi connectivity index (χ1n) is 3.75. The summed E-state index contributed by atoms with van der Waals surface area (Å²) in [5.41, 5.74) is 2.08. The van der Waals surface area contributed by atoms with Crippen molar-refractivity contribution in [3.8, 4) is 11.8 Å². The summed E-state index contributed by atoms with van der Waals surface area (Å²) in [5, 5.41) is 10.3. The minimum absolute atomic E-state index is 0.0587. The van der Waals surface area contributed by atoms with Gasteiger partial charge in [-0.05, 0) is 18.2 Å². The lowest BCUT2D eigenvalue weighted by atomic mass is 10.2. The average molecular weight is 208 g/mol. The summed E-state index contributed by atoms with van der Waals surface area (Å²) >= 11 is 5.26. The molecule has 70 valence electrons. The number of hydrogen-bond donors (Lipinski definition) is 0. The predicted octanol–water partition coefficient (Wildman–Crippen LogP) is 2.70. The van der Waals surface area contributed by atoms with E-state index >= 15 is 0 Å². The second-order valence-electron chi connectivity index (χ2n) is 2.37. The van der Waals surface area contributed by atoms with Crippen LogP contribution in [-0.2, 0) is 0 Å². The Kier molecular flexibility index (Phi) is 3.71. The van der Waals surface area contributed by atoms with E-state index in [2.05, 4.69) is 11.8 Å². The van der Waals surface area contributed by atoms with Crippen LogP contribution in [0.3, 0.4) is 0 Å². The van der Waals surface area contributed by atoms with Crippen molar-refractivity contribution in [2.24, 2.45) is 0 Å². The van der Waals surface area contributed by atoms with Gasteiger partial charge >= 0.3 is 0 Å². The minimum atomic E-state index is -0.449. The predicted molar refractivity (Wildman–Crippen MR) is 55.0 cm³/mol. The van der Waals surface area contributed by atoms with E-state index in [0.717, 1.165) is 0 Å². The van der Waals surface area contributed by atoms with Crippen molar-refractivity contribution < 1.29 is 4.92 Å². The van der Waals surface area contributed by atoms with E-state index in [1.165, 1.54) is 23.7 Å². The van der Waals surface area contributed by atoms with E-state index in [0.29, 0.717) is 5.56 Å². The van der Waals surface area contributed by atoms with Gasteiger partial charge in [0.25, 0.3) is 5.69 Å². The van der Waals surface area contributed by atoms with Crippen molar-refractivity contribution in [3.05, 3.63) is 51.6 Å². The highest BCUT2D eigenvalue weighted by Crippen LogP contribution is 2.10. The molecule has 0 heterocycles. The van der Waals surface area contributed by atoms with Crippen LogP contribution in [0.15, 0.2) is 35.9 Å². The molecule has 0 radical (unpaired) electrons. The smallest absolute Gasteiger partial charge is 0.258 e. The molecule has 0 saturated heterocycles. The van der Waals surface area contributed by atoms with E-state index in [1.54, 1.807) is 12.1 Å². The van der Waals surface area contributed by atoms with Gasteiger partial charge in [-0.15, -0.1) is 0 Å². The second kappa shape index (κ2) is 5.05. The standard InChI is InChI=1S/C10H6ClNO2/c11-8-2-1-3-9-4-6-10(7-5-9)12(13)14/h2,4-8H/b8-2-. The number of rotatable bonds is 1. The highest BCUT2D eigenvalue weighted by molar-refractivity contribution is 6.25. The second-order valence-corrected chi connectivity index (χ2v) is 2.62. The Hall–Kier alpha value is -1.79. The van der Waals surface area contributed by atoms with Gasteiger partial charge in [0.05, 0.1) is 4.92 Å². The number of nitrogens with zero attached hydrogens (tertiary/aromatic N) is 1. The summed E-state index contributed by atoms with van der Waals surface area (Å²) in [4.78, 5) is 9.86. The van der Waals surface area contributed by atoms with Crippen LogP contribution in [0, 0.1) is 22.0 Å². The molecule has 0 aliphatic heterocycles. The van der Waals surface area contributed by atoms with Gasteiger partial charge < -0.3 is 0 Å². The van der Waals surface area contributed by atoms with Gasteiger partial charge in [-0.25, -0.2) is 0 Å². The molecule has 4 heteroatoms. The number of benzene rings is 1. The third kappa shape index (κ3) is 2.92. The molecule has 14 heavy (non-hydrogen) atoms. The molecule has 0 bridgehead atoms. The summed E-state index contributed by atoms with van der Waals surface area (Å²) in [6.45, 7) is 0. The van der Waals surface area contributed by atoms with E-state index < -0.39 is 4.92 Å². The fourth-order valence-corrected chi connectivity index (χ4v) is 0.886. The van der Waals surface area contributed by atoms with Crippen molar-refractivity contribution in [2.75, 3.05) is 0 Å². The molecule has 0 N–H and O–H groups in total. The fraction of sp³-hybridized carbons (Fsp3) is 0. The van der Waals surface area contributed by atoms with E-state index in [4.69, 9.17) is 11.6 Å². The summed E-state index contributed by atoms with van der Waals surface area (Å²) < 4.78 is 0. The fourth-order valence-electron chi connectivity index (χ4n) is 0.823. The summed E-state index contributed by atoms with van der Waals surface area (Å²) in [6, 6.07) is 6.00. The third-order valence-corrected chi connectivity index (χ3v) is 1.57. The van der Waals surface area contributed by atoms with Crippen molar-refractivity contribution in [3.63, 3.8) is 0 Å². The SMILES string of the molecule is O=[N+]([O-])c1ccc(C#C/C=C\Cl)cc1. The molecule has 0 atom stereocenters. The number of nitro benzene ring substituents is 1. The Morgan fingerprint density at radius 1 is 1.36 bits per heavy atom. The first kappa shape index (κ1) is 10.3. The van der Waals surface area contributed by atoms with E-state index in [-0.39, 0.29) is 5.69 Å².